The Morgan fingerprint density at radius 3 is 1.50 bits per heavy atom. The summed E-state index contributed by atoms with van der Waals surface area (Å²) in [5.74, 6) is 0. The van der Waals surface area contributed by atoms with Crippen LogP contribution in [0.3, 0.4) is 0 Å². The lowest BCUT2D eigenvalue weighted by molar-refractivity contribution is 0.989. The van der Waals surface area contributed by atoms with Crippen LogP contribution in [-0.4, -0.2) is 12.7 Å². The van der Waals surface area contributed by atoms with Crippen LogP contribution in [0.25, 0.3) is 0 Å². The van der Waals surface area contributed by atoms with Gasteiger partial charge in [0.05, 0.1) is 0 Å². The van der Waals surface area contributed by atoms with Crippen molar-refractivity contribution in [2.75, 3.05) is 0 Å². The molecule has 0 fully saturated rings. The van der Waals surface area contributed by atoms with Gasteiger partial charge in [0, 0.05) is 5.16 Å². The van der Waals surface area contributed by atoms with Crippen molar-refractivity contribution in [2.24, 2.45) is 0 Å². The van der Waals surface area contributed by atoms with E-state index < -0.39 is 12.7 Å². The van der Waals surface area contributed by atoms with Crippen molar-refractivity contribution in [3.63, 3.8) is 0 Å². The minimum Gasteiger partial charge on any atom is -0.146 e. The fourth-order valence-electron chi connectivity index (χ4n) is 1.02. The Bertz CT molecular complexity index is 143. The highest BCUT2D eigenvalue weighted by Gasteiger charge is 2.49. The van der Waals surface area contributed by atoms with Gasteiger partial charge in [-0.1, -0.05) is 20.3 Å². The van der Waals surface area contributed by atoms with Gasteiger partial charge in [-0.3, -0.25) is 0 Å². The molecular formula is C5H11Cl5Si2. The van der Waals surface area contributed by atoms with E-state index in [2.05, 4.69) is 0 Å². The highest BCUT2D eigenvalue weighted by Crippen LogP contribution is 2.47. The smallest absolute Gasteiger partial charge is 0.146 e. The molecule has 0 saturated carbocycles. The SMILES string of the molecule is CCC([Si](Cl)(Cl)Cl)[Si](Cl)(Cl)CC. The summed E-state index contributed by atoms with van der Waals surface area (Å²) < 4.78 is 0. The van der Waals surface area contributed by atoms with E-state index in [9.17, 15) is 0 Å². The lowest BCUT2D eigenvalue weighted by atomic mass is 10.6. The first-order valence-corrected chi connectivity index (χ1v) is 13.1. The molecule has 0 aromatic rings. The van der Waals surface area contributed by atoms with Gasteiger partial charge in [-0.2, -0.15) is 0 Å². The van der Waals surface area contributed by atoms with Crippen LogP contribution in [0.4, 0.5) is 0 Å². The molecule has 0 radical (unpaired) electrons. The molecule has 0 aliphatic heterocycles. The quantitative estimate of drug-likeness (QED) is 0.512. The molecule has 0 amide bonds. The monoisotopic (exact) mass is 302 g/mol. The third kappa shape index (κ3) is 3.95. The summed E-state index contributed by atoms with van der Waals surface area (Å²) >= 11 is 30.0. The average Bonchev–Trinajstić information content (AvgIpc) is 1.85. The van der Waals surface area contributed by atoms with E-state index in [1.165, 1.54) is 0 Å². The van der Waals surface area contributed by atoms with Gasteiger partial charge in [-0.25, -0.2) is 0 Å². The van der Waals surface area contributed by atoms with Gasteiger partial charge >= 0.3 is 6.00 Å². The minimum absolute atomic E-state index is 0.0664. The molecule has 12 heavy (non-hydrogen) atoms. The van der Waals surface area contributed by atoms with E-state index >= 15 is 0 Å². The molecule has 7 heteroatoms. The molecule has 0 spiro atoms. The normalized spacial score (nSPS) is 16.2. The van der Waals surface area contributed by atoms with E-state index in [1.807, 2.05) is 13.8 Å². The van der Waals surface area contributed by atoms with Gasteiger partial charge in [0.1, 0.15) is 0 Å². The molecular weight excluding hydrogens is 293 g/mol. The van der Waals surface area contributed by atoms with Crippen molar-refractivity contribution in [1.29, 1.82) is 0 Å². The van der Waals surface area contributed by atoms with Gasteiger partial charge in [-0.05, 0) is 6.04 Å². The predicted molar refractivity (Wildman–Crippen MR) is 65.3 cm³/mol. The Balaban J connectivity index is 4.56. The van der Waals surface area contributed by atoms with Crippen molar-refractivity contribution < 1.29 is 0 Å². The molecule has 0 nitrogen and oxygen atoms in total. The van der Waals surface area contributed by atoms with E-state index in [-0.39, 0.29) is 5.16 Å². The number of halogens is 5. The largest absolute Gasteiger partial charge is 0.344 e. The molecule has 74 valence electrons. The van der Waals surface area contributed by atoms with Crippen LogP contribution in [-0.2, 0) is 0 Å². The maximum absolute atomic E-state index is 6.16. The molecule has 0 rings (SSSR count). The van der Waals surface area contributed by atoms with Crippen molar-refractivity contribution in [3.05, 3.63) is 0 Å². The van der Waals surface area contributed by atoms with Gasteiger partial charge in [0.15, 0.2) is 0 Å². The molecule has 0 saturated heterocycles. The Morgan fingerprint density at radius 2 is 1.42 bits per heavy atom. The number of rotatable bonds is 4. The lowest BCUT2D eigenvalue weighted by Crippen LogP contribution is -2.37. The standard InChI is InChI=1S/C5H11Cl5Si2/c1-3-5(12(8,9)10)11(6,7)4-2/h5H,3-4H2,1-2H3. The van der Waals surface area contributed by atoms with Crippen molar-refractivity contribution >= 4 is 68.1 Å². The second kappa shape index (κ2) is 5.10. The van der Waals surface area contributed by atoms with Gasteiger partial charge in [0.25, 0.3) is 6.69 Å². The number of hydrogen-bond acceptors (Lipinski definition) is 0. The first-order valence-electron chi connectivity index (χ1n) is 3.70. The fraction of sp³-hybridized carbons (Fsp3) is 1.00. The van der Waals surface area contributed by atoms with Crippen LogP contribution < -0.4 is 0 Å². The molecule has 0 aliphatic carbocycles. The van der Waals surface area contributed by atoms with Crippen LogP contribution in [0.5, 0.6) is 0 Å². The lowest BCUT2D eigenvalue weighted by Gasteiger charge is -2.29. The van der Waals surface area contributed by atoms with Gasteiger partial charge < -0.3 is 0 Å². The highest BCUT2D eigenvalue weighted by molar-refractivity contribution is 7.70. The molecule has 0 aromatic heterocycles. The molecule has 1 atom stereocenters. The van der Waals surface area contributed by atoms with Crippen molar-refractivity contribution in [1.82, 2.24) is 0 Å². The zero-order chi connectivity index (χ0) is 9.99. The fourth-order valence-corrected chi connectivity index (χ4v) is 18.4. The summed E-state index contributed by atoms with van der Waals surface area (Å²) in [6, 6.07) is -2.00. The summed E-state index contributed by atoms with van der Waals surface area (Å²) in [5, 5.41) is -0.0664. The van der Waals surface area contributed by atoms with Crippen LogP contribution in [0.2, 0.25) is 11.2 Å². The second-order valence-corrected chi connectivity index (χ2v) is 19.6. The topological polar surface area (TPSA) is 0 Å². The summed E-state index contributed by atoms with van der Waals surface area (Å²) in [7, 11) is 0. The van der Waals surface area contributed by atoms with Crippen LogP contribution in [0, 0.1) is 0 Å². The predicted octanol–water partition coefficient (Wildman–Crippen LogP) is 4.90. The Labute approximate surface area is 99.0 Å². The maximum atomic E-state index is 6.16. The number of hydrogen-bond donors (Lipinski definition) is 0. The third-order valence-corrected chi connectivity index (χ3v) is 16.4. The van der Waals surface area contributed by atoms with Gasteiger partial charge in [0.2, 0.25) is 0 Å². The van der Waals surface area contributed by atoms with E-state index in [0.29, 0.717) is 0 Å². The molecule has 0 N–H and O–H groups in total. The Kier molecular flexibility index (Phi) is 5.90. The van der Waals surface area contributed by atoms with Crippen molar-refractivity contribution in [2.45, 2.75) is 31.5 Å². The van der Waals surface area contributed by atoms with Crippen molar-refractivity contribution in [3.8, 4) is 0 Å². The molecule has 0 heterocycles. The zero-order valence-electron chi connectivity index (χ0n) is 6.88. The molecule has 0 aromatic carbocycles. The average molecular weight is 305 g/mol. The van der Waals surface area contributed by atoms with Gasteiger partial charge in [-0.15, -0.1) is 55.4 Å². The van der Waals surface area contributed by atoms with Crippen LogP contribution >= 0.6 is 55.4 Å². The Hall–Kier alpha value is 1.88. The van der Waals surface area contributed by atoms with E-state index in [4.69, 9.17) is 55.4 Å². The zero-order valence-corrected chi connectivity index (χ0v) is 12.7. The third-order valence-electron chi connectivity index (χ3n) is 1.78. The van der Waals surface area contributed by atoms with E-state index in [1.54, 1.807) is 0 Å². The van der Waals surface area contributed by atoms with E-state index in [0.717, 1.165) is 12.5 Å². The van der Waals surface area contributed by atoms with Crippen LogP contribution in [0.1, 0.15) is 20.3 Å². The molecule has 0 aliphatic rings. The summed E-state index contributed by atoms with van der Waals surface area (Å²) in [6.07, 6.45) is 0.760. The summed E-state index contributed by atoms with van der Waals surface area (Å²) in [4.78, 5) is 0. The minimum atomic E-state index is -2.73. The first kappa shape index (κ1) is 13.9. The molecule has 0 bridgehead atoms. The second-order valence-electron chi connectivity index (χ2n) is 2.62. The highest BCUT2D eigenvalue weighted by atomic mass is 35.8. The van der Waals surface area contributed by atoms with Crippen LogP contribution in [0.15, 0.2) is 0 Å². The Morgan fingerprint density at radius 1 is 1.00 bits per heavy atom. The summed E-state index contributed by atoms with van der Waals surface area (Å²) in [5.41, 5.74) is 0. The maximum Gasteiger partial charge on any atom is 0.344 e. The summed E-state index contributed by atoms with van der Waals surface area (Å²) in [6.45, 7) is 1.57. The molecule has 1 unspecified atom stereocenters. The first-order chi connectivity index (χ1) is 5.25.